The molecule has 0 aromatic carbocycles. The summed E-state index contributed by atoms with van der Waals surface area (Å²) < 4.78 is 1.89. The van der Waals surface area contributed by atoms with Gasteiger partial charge in [-0.3, -0.25) is 4.79 Å². The van der Waals surface area contributed by atoms with Crippen molar-refractivity contribution in [1.82, 2.24) is 9.55 Å². The van der Waals surface area contributed by atoms with Gasteiger partial charge in [0.25, 0.3) is 0 Å². The lowest BCUT2D eigenvalue weighted by atomic mass is 10.7. The van der Waals surface area contributed by atoms with Gasteiger partial charge in [-0.25, -0.2) is 4.98 Å². The maximum absolute atomic E-state index is 10.3. The van der Waals surface area contributed by atoms with Crippen molar-refractivity contribution in [2.45, 2.75) is 11.7 Å². The molecule has 1 heterocycles. The monoisotopic (exact) mass is 218 g/mol. The summed E-state index contributed by atoms with van der Waals surface area (Å²) in [7, 11) is 0. The second-order valence-corrected chi connectivity index (χ2v) is 3.70. The molecule has 1 aromatic rings. The van der Waals surface area contributed by atoms with Crippen LogP contribution < -0.4 is 0 Å². The summed E-state index contributed by atoms with van der Waals surface area (Å²) in [6.07, 6.45) is 3.48. The molecule has 72 valence electrons. The van der Waals surface area contributed by atoms with Gasteiger partial charge >= 0.3 is 5.97 Å². The number of carboxylic acid groups (broad SMARTS) is 1. The van der Waals surface area contributed by atoms with Crippen LogP contribution in [0.2, 0.25) is 0 Å². The summed E-state index contributed by atoms with van der Waals surface area (Å²) in [5.41, 5.74) is 0. The number of hydrogen-bond donors (Lipinski definition) is 2. The van der Waals surface area contributed by atoms with Crippen LogP contribution in [0.5, 0.6) is 0 Å². The molecule has 1 rings (SSSR count). The predicted molar refractivity (Wildman–Crippen MR) is 54.4 cm³/mol. The van der Waals surface area contributed by atoms with E-state index in [1.54, 1.807) is 6.20 Å². The molecule has 0 aliphatic carbocycles. The first-order chi connectivity index (χ1) is 6.24. The maximum atomic E-state index is 10.3. The van der Waals surface area contributed by atoms with Gasteiger partial charge in [-0.1, -0.05) is 11.8 Å². The minimum absolute atomic E-state index is 0.0452. The fourth-order valence-electron chi connectivity index (χ4n) is 0.840. The Balaban J connectivity index is 2.54. The van der Waals surface area contributed by atoms with E-state index in [4.69, 9.17) is 5.11 Å². The second-order valence-electron chi connectivity index (χ2n) is 2.31. The lowest BCUT2D eigenvalue weighted by Gasteiger charge is -2.02. The standard InChI is InChI=1S/C7H10N2O2S2/c10-6(11)5-13-7-8-1-2-9(7)3-4-12/h1-2,12H,3-5H2,(H,10,11). The minimum Gasteiger partial charge on any atom is -0.481 e. The van der Waals surface area contributed by atoms with Gasteiger partial charge in [0.15, 0.2) is 5.16 Å². The van der Waals surface area contributed by atoms with E-state index in [0.717, 1.165) is 17.5 Å². The number of aryl methyl sites for hydroxylation is 1. The minimum atomic E-state index is -0.828. The number of aromatic nitrogens is 2. The molecule has 0 atom stereocenters. The molecule has 0 bridgehead atoms. The Morgan fingerprint density at radius 2 is 2.54 bits per heavy atom. The van der Waals surface area contributed by atoms with E-state index in [9.17, 15) is 4.79 Å². The van der Waals surface area contributed by atoms with Crippen LogP contribution in [0.3, 0.4) is 0 Å². The van der Waals surface area contributed by atoms with Crippen molar-refractivity contribution < 1.29 is 9.90 Å². The lowest BCUT2D eigenvalue weighted by Crippen LogP contribution is -2.03. The molecular formula is C7H10N2O2S2. The molecule has 0 unspecified atom stereocenters. The summed E-state index contributed by atoms with van der Waals surface area (Å²) >= 11 is 5.31. The van der Waals surface area contributed by atoms with E-state index in [1.807, 2.05) is 10.8 Å². The topological polar surface area (TPSA) is 55.1 Å². The normalized spacial score (nSPS) is 10.2. The Morgan fingerprint density at radius 3 is 3.15 bits per heavy atom. The molecular weight excluding hydrogens is 208 g/mol. The number of thiol groups is 1. The molecule has 0 fully saturated rings. The number of thioether (sulfide) groups is 1. The average molecular weight is 218 g/mol. The number of nitrogens with zero attached hydrogens (tertiary/aromatic N) is 2. The van der Waals surface area contributed by atoms with Crippen LogP contribution in [-0.2, 0) is 11.3 Å². The van der Waals surface area contributed by atoms with Crippen molar-refractivity contribution in [3.8, 4) is 0 Å². The third-order valence-corrected chi connectivity index (χ3v) is 2.53. The molecule has 1 aromatic heterocycles. The van der Waals surface area contributed by atoms with Crippen LogP contribution in [-0.4, -0.2) is 32.1 Å². The smallest absolute Gasteiger partial charge is 0.313 e. The van der Waals surface area contributed by atoms with E-state index < -0.39 is 5.97 Å². The highest BCUT2D eigenvalue weighted by atomic mass is 32.2. The number of carboxylic acids is 1. The second kappa shape index (κ2) is 5.18. The van der Waals surface area contributed by atoms with Crippen molar-refractivity contribution in [2.24, 2.45) is 0 Å². The SMILES string of the molecule is O=C(O)CSc1nccn1CCS. The summed E-state index contributed by atoms with van der Waals surface area (Å²) in [5, 5.41) is 9.19. The van der Waals surface area contributed by atoms with E-state index in [-0.39, 0.29) is 5.75 Å². The fraction of sp³-hybridized carbons (Fsp3) is 0.429. The van der Waals surface area contributed by atoms with Gasteiger partial charge in [-0.2, -0.15) is 12.6 Å². The zero-order valence-electron chi connectivity index (χ0n) is 6.88. The molecule has 13 heavy (non-hydrogen) atoms. The number of carbonyl (C=O) groups is 1. The molecule has 0 aliphatic heterocycles. The van der Waals surface area contributed by atoms with Crippen molar-refractivity contribution in [3.63, 3.8) is 0 Å². The van der Waals surface area contributed by atoms with Gasteiger partial charge in [-0.15, -0.1) is 0 Å². The number of rotatable bonds is 5. The van der Waals surface area contributed by atoms with Gasteiger partial charge in [0.1, 0.15) is 0 Å². The van der Waals surface area contributed by atoms with E-state index >= 15 is 0 Å². The predicted octanol–water partition coefficient (Wildman–Crippen LogP) is 0.990. The van der Waals surface area contributed by atoms with Crippen molar-refractivity contribution >= 4 is 30.4 Å². The highest BCUT2D eigenvalue weighted by Gasteiger charge is 2.05. The molecule has 0 aliphatic rings. The maximum Gasteiger partial charge on any atom is 0.313 e. The van der Waals surface area contributed by atoms with Crippen molar-refractivity contribution in [2.75, 3.05) is 11.5 Å². The van der Waals surface area contributed by atoms with Gasteiger partial charge in [0, 0.05) is 24.7 Å². The number of hydrogen-bond acceptors (Lipinski definition) is 4. The Morgan fingerprint density at radius 1 is 1.77 bits per heavy atom. The largest absolute Gasteiger partial charge is 0.481 e. The molecule has 0 radical (unpaired) electrons. The average Bonchev–Trinajstić information content (AvgIpc) is 2.49. The Hall–Kier alpha value is -0.620. The van der Waals surface area contributed by atoms with Crippen LogP contribution >= 0.6 is 24.4 Å². The zero-order valence-corrected chi connectivity index (χ0v) is 8.59. The van der Waals surface area contributed by atoms with Gasteiger partial charge in [0.05, 0.1) is 5.75 Å². The first-order valence-corrected chi connectivity index (χ1v) is 5.32. The molecule has 6 heteroatoms. The van der Waals surface area contributed by atoms with Crippen LogP contribution in [0.15, 0.2) is 17.6 Å². The summed E-state index contributed by atoms with van der Waals surface area (Å²) in [4.78, 5) is 14.3. The first kappa shape index (κ1) is 10.5. The van der Waals surface area contributed by atoms with Crippen molar-refractivity contribution in [3.05, 3.63) is 12.4 Å². The quantitative estimate of drug-likeness (QED) is 0.571. The summed E-state index contributed by atoms with van der Waals surface area (Å²) in [6, 6.07) is 0. The Kier molecular flexibility index (Phi) is 4.17. The Bertz CT molecular complexity index is 288. The molecule has 0 spiro atoms. The van der Waals surface area contributed by atoms with Gasteiger partial charge in [0.2, 0.25) is 0 Å². The summed E-state index contributed by atoms with van der Waals surface area (Å²) in [5.74, 6) is -0.0639. The molecule has 4 nitrogen and oxygen atoms in total. The zero-order chi connectivity index (χ0) is 9.68. The molecule has 0 saturated heterocycles. The third-order valence-electron chi connectivity index (χ3n) is 1.34. The van der Waals surface area contributed by atoms with Gasteiger partial charge in [-0.05, 0) is 0 Å². The third kappa shape index (κ3) is 3.31. The number of imidazole rings is 1. The van der Waals surface area contributed by atoms with E-state index in [1.165, 1.54) is 11.8 Å². The number of aliphatic carboxylic acids is 1. The van der Waals surface area contributed by atoms with Crippen LogP contribution in [0.25, 0.3) is 0 Å². The Labute approximate surface area is 85.8 Å². The van der Waals surface area contributed by atoms with E-state index in [0.29, 0.717) is 0 Å². The highest BCUT2D eigenvalue weighted by Crippen LogP contribution is 2.15. The molecule has 0 amide bonds. The highest BCUT2D eigenvalue weighted by molar-refractivity contribution is 7.99. The fourth-order valence-corrected chi connectivity index (χ4v) is 1.76. The van der Waals surface area contributed by atoms with Crippen molar-refractivity contribution in [1.29, 1.82) is 0 Å². The van der Waals surface area contributed by atoms with Crippen LogP contribution in [0.4, 0.5) is 0 Å². The molecule has 0 saturated carbocycles. The van der Waals surface area contributed by atoms with Crippen LogP contribution in [0, 0.1) is 0 Å². The van der Waals surface area contributed by atoms with Crippen LogP contribution in [0.1, 0.15) is 0 Å². The van der Waals surface area contributed by atoms with E-state index in [2.05, 4.69) is 17.6 Å². The molecule has 1 N–H and O–H groups in total. The first-order valence-electron chi connectivity index (χ1n) is 3.70. The lowest BCUT2D eigenvalue weighted by molar-refractivity contribution is -0.133. The summed E-state index contributed by atoms with van der Waals surface area (Å²) in [6.45, 7) is 0.755. The van der Waals surface area contributed by atoms with Gasteiger partial charge < -0.3 is 9.67 Å².